The first kappa shape index (κ1) is 15.0. The molecule has 1 rings (SSSR count). The van der Waals surface area contributed by atoms with Gasteiger partial charge < -0.3 is 10.1 Å². The van der Waals surface area contributed by atoms with Gasteiger partial charge in [0.25, 0.3) is 5.91 Å². The van der Waals surface area contributed by atoms with Gasteiger partial charge in [0, 0.05) is 11.0 Å². The van der Waals surface area contributed by atoms with Crippen LogP contribution in [0.4, 0.5) is 0 Å². The van der Waals surface area contributed by atoms with Crippen LogP contribution in [0.25, 0.3) is 0 Å². The fraction of sp³-hybridized carbons (Fsp3) is 0.333. The number of carbonyl (C=O) groups excluding carboxylic acids is 2. The summed E-state index contributed by atoms with van der Waals surface area (Å²) in [6, 6.07) is 7.95. The van der Waals surface area contributed by atoms with Gasteiger partial charge in [0.05, 0.1) is 7.11 Å². The van der Waals surface area contributed by atoms with Crippen LogP contribution in [0.3, 0.4) is 0 Å². The lowest BCUT2D eigenvalue weighted by Crippen LogP contribution is -2.50. The molecule has 1 aromatic rings. The van der Waals surface area contributed by atoms with E-state index in [-0.39, 0.29) is 5.91 Å². The molecular weight excluding hydrogens is 242 g/mol. The van der Waals surface area contributed by atoms with Crippen LogP contribution in [0.2, 0.25) is 0 Å². The molecule has 0 aromatic heterocycles. The molecule has 1 atom stereocenters. The van der Waals surface area contributed by atoms with Gasteiger partial charge in [0.1, 0.15) is 6.04 Å². The van der Waals surface area contributed by atoms with Crippen molar-refractivity contribution in [1.82, 2.24) is 5.32 Å². The second-order valence-corrected chi connectivity index (χ2v) is 4.82. The predicted octanol–water partition coefficient (Wildman–Crippen LogP) is 2.17. The smallest absolute Gasteiger partial charge is 0.329 e. The maximum Gasteiger partial charge on any atom is 0.329 e. The number of carbonyl (C=O) groups is 2. The molecule has 0 bridgehead atoms. The SMILES string of the molecule is C=CC(C)(C)C(NC(=O)c1ccccc1)C(=O)OC. The van der Waals surface area contributed by atoms with Crippen molar-refractivity contribution in [3.05, 3.63) is 48.6 Å². The van der Waals surface area contributed by atoms with Gasteiger partial charge in [-0.25, -0.2) is 4.79 Å². The molecule has 0 saturated heterocycles. The van der Waals surface area contributed by atoms with Crippen molar-refractivity contribution < 1.29 is 14.3 Å². The Morgan fingerprint density at radius 3 is 2.37 bits per heavy atom. The monoisotopic (exact) mass is 261 g/mol. The lowest BCUT2D eigenvalue weighted by molar-refractivity contribution is -0.145. The van der Waals surface area contributed by atoms with Crippen molar-refractivity contribution in [2.24, 2.45) is 5.41 Å². The minimum atomic E-state index is -0.775. The molecule has 4 nitrogen and oxygen atoms in total. The van der Waals surface area contributed by atoms with Gasteiger partial charge in [-0.05, 0) is 12.1 Å². The zero-order valence-electron chi connectivity index (χ0n) is 11.5. The average molecular weight is 261 g/mol. The average Bonchev–Trinajstić information content (AvgIpc) is 2.44. The predicted molar refractivity (Wildman–Crippen MR) is 73.7 cm³/mol. The van der Waals surface area contributed by atoms with Gasteiger partial charge in [-0.1, -0.05) is 38.1 Å². The number of ether oxygens (including phenoxy) is 1. The standard InChI is InChI=1S/C15H19NO3/c1-5-15(2,3)12(14(18)19-4)16-13(17)11-9-7-6-8-10-11/h5-10,12H,1H2,2-4H3,(H,16,17). The summed E-state index contributed by atoms with van der Waals surface area (Å²) in [4.78, 5) is 23.9. The van der Waals surface area contributed by atoms with E-state index in [0.717, 1.165) is 0 Å². The van der Waals surface area contributed by atoms with E-state index >= 15 is 0 Å². The number of nitrogens with one attached hydrogen (secondary N) is 1. The van der Waals surface area contributed by atoms with Crippen LogP contribution in [0.5, 0.6) is 0 Å². The Balaban J connectivity index is 2.93. The summed E-state index contributed by atoms with van der Waals surface area (Å²) < 4.78 is 4.74. The first-order chi connectivity index (χ1) is 8.92. The Labute approximate surface area is 113 Å². The highest BCUT2D eigenvalue weighted by atomic mass is 16.5. The lowest BCUT2D eigenvalue weighted by atomic mass is 9.84. The fourth-order valence-corrected chi connectivity index (χ4v) is 1.59. The Morgan fingerprint density at radius 2 is 1.89 bits per heavy atom. The largest absolute Gasteiger partial charge is 0.467 e. The molecule has 0 heterocycles. The molecule has 0 aliphatic rings. The third kappa shape index (κ3) is 3.68. The van der Waals surface area contributed by atoms with E-state index in [1.165, 1.54) is 7.11 Å². The Kier molecular flexibility index (Phi) is 4.87. The summed E-state index contributed by atoms with van der Waals surface area (Å²) in [7, 11) is 1.29. The van der Waals surface area contributed by atoms with E-state index in [2.05, 4.69) is 11.9 Å². The molecular formula is C15H19NO3. The number of benzene rings is 1. The summed E-state index contributed by atoms with van der Waals surface area (Å²) in [6.07, 6.45) is 1.62. The van der Waals surface area contributed by atoms with Crippen molar-refractivity contribution in [3.63, 3.8) is 0 Å². The Morgan fingerprint density at radius 1 is 1.32 bits per heavy atom. The highest BCUT2D eigenvalue weighted by Crippen LogP contribution is 2.23. The van der Waals surface area contributed by atoms with Gasteiger partial charge in [0.15, 0.2) is 0 Å². The molecule has 1 N–H and O–H groups in total. The highest BCUT2D eigenvalue weighted by molar-refractivity contribution is 5.97. The minimum Gasteiger partial charge on any atom is -0.467 e. The number of esters is 1. The summed E-state index contributed by atoms with van der Waals surface area (Å²) >= 11 is 0. The van der Waals surface area contributed by atoms with Gasteiger partial charge in [0.2, 0.25) is 0 Å². The summed E-state index contributed by atoms with van der Waals surface area (Å²) in [5.74, 6) is -0.805. The van der Waals surface area contributed by atoms with E-state index < -0.39 is 17.4 Å². The van der Waals surface area contributed by atoms with E-state index in [9.17, 15) is 9.59 Å². The van der Waals surface area contributed by atoms with E-state index in [4.69, 9.17) is 4.74 Å². The molecule has 1 aromatic carbocycles. The van der Waals surface area contributed by atoms with Crippen molar-refractivity contribution in [3.8, 4) is 0 Å². The first-order valence-electron chi connectivity index (χ1n) is 5.99. The number of hydrogen-bond acceptors (Lipinski definition) is 3. The van der Waals surface area contributed by atoms with Crippen LogP contribution in [0, 0.1) is 5.41 Å². The molecule has 19 heavy (non-hydrogen) atoms. The molecule has 0 spiro atoms. The number of amides is 1. The van der Waals surface area contributed by atoms with Crippen LogP contribution in [0.1, 0.15) is 24.2 Å². The van der Waals surface area contributed by atoms with Crippen LogP contribution in [-0.2, 0) is 9.53 Å². The summed E-state index contributed by atoms with van der Waals surface area (Å²) in [5.41, 5.74) is -0.103. The maximum absolute atomic E-state index is 12.1. The van der Waals surface area contributed by atoms with E-state index in [0.29, 0.717) is 5.56 Å². The lowest BCUT2D eigenvalue weighted by Gasteiger charge is -2.29. The fourth-order valence-electron chi connectivity index (χ4n) is 1.59. The second-order valence-electron chi connectivity index (χ2n) is 4.82. The van der Waals surface area contributed by atoms with Crippen LogP contribution in [-0.4, -0.2) is 25.0 Å². The zero-order chi connectivity index (χ0) is 14.5. The van der Waals surface area contributed by atoms with Crippen LogP contribution >= 0.6 is 0 Å². The molecule has 1 unspecified atom stereocenters. The molecule has 102 valence electrons. The summed E-state index contributed by atoms with van der Waals surface area (Å²) in [6.45, 7) is 7.32. The van der Waals surface area contributed by atoms with Crippen LogP contribution in [0.15, 0.2) is 43.0 Å². The number of methoxy groups -OCH3 is 1. The molecule has 0 saturated carbocycles. The maximum atomic E-state index is 12.1. The van der Waals surface area contributed by atoms with E-state index in [1.807, 2.05) is 19.9 Å². The van der Waals surface area contributed by atoms with Crippen molar-refractivity contribution >= 4 is 11.9 Å². The van der Waals surface area contributed by atoms with Crippen molar-refractivity contribution in [1.29, 1.82) is 0 Å². The Hall–Kier alpha value is -2.10. The molecule has 4 heteroatoms. The molecule has 0 fully saturated rings. The highest BCUT2D eigenvalue weighted by Gasteiger charge is 2.35. The zero-order valence-corrected chi connectivity index (χ0v) is 11.5. The van der Waals surface area contributed by atoms with Gasteiger partial charge in [-0.15, -0.1) is 6.58 Å². The normalized spacial score (nSPS) is 12.4. The minimum absolute atomic E-state index is 0.314. The third-order valence-corrected chi connectivity index (χ3v) is 3.02. The molecule has 1 amide bonds. The van der Waals surface area contributed by atoms with Crippen LogP contribution < -0.4 is 5.32 Å². The Bertz CT molecular complexity index is 466. The van der Waals surface area contributed by atoms with Gasteiger partial charge in [-0.3, -0.25) is 4.79 Å². The van der Waals surface area contributed by atoms with Gasteiger partial charge in [-0.2, -0.15) is 0 Å². The molecule has 0 aliphatic carbocycles. The van der Waals surface area contributed by atoms with Crippen molar-refractivity contribution in [2.45, 2.75) is 19.9 Å². The molecule has 0 radical (unpaired) electrons. The first-order valence-corrected chi connectivity index (χ1v) is 5.99. The van der Waals surface area contributed by atoms with E-state index in [1.54, 1.807) is 30.3 Å². The quantitative estimate of drug-likeness (QED) is 0.653. The summed E-state index contributed by atoms with van der Waals surface area (Å²) in [5, 5.41) is 2.69. The topological polar surface area (TPSA) is 55.4 Å². The second kappa shape index (κ2) is 6.18. The number of hydrogen-bond donors (Lipinski definition) is 1. The molecule has 0 aliphatic heterocycles. The third-order valence-electron chi connectivity index (χ3n) is 3.02. The van der Waals surface area contributed by atoms with Crippen molar-refractivity contribution in [2.75, 3.05) is 7.11 Å². The number of rotatable bonds is 5. The van der Waals surface area contributed by atoms with Gasteiger partial charge >= 0.3 is 5.97 Å².